The van der Waals surface area contributed by atoms with Gasteiger partial charge in [-0.25, -0.2) is 0 Å². The van der Waals surface area contributed by atoms with Gasteiger partial charge in [0, 0.05) is 22.8 Å². The number of anilines is 2. The molecule has 35 heavy (non-hydrogen) atoms. The van der Waals surface area contributed by atoms with Gasteiger partial charge in [0.1, 0.15) is 6.17 Å². The van der Waals surface area contributed by atoms with Crippen LogP contribution < -0.4 is 9.80 Å². The topological polar surface area (TPSA) is 6.48 Å². The van der Waals surface area contributed by atoms with Gasteiger partial charge in [0.05, 0.1) is 6.04 Å². The van der Waals surface area contributed by atoms with Gasteiger partial charge in [-0.1, -0.05) is 74.9 Å². The van der Waals surface area contributed by atoms with Crippen molar-refractivity contribution in [2.75, 3.05) is 9.80 Å². The first-order valence-corrected chi connectivity index (χ1v) is 14.9. The van der Waals surface area contributed by atoms with E-state index in [-0.39, 0.29) is 0 Å². The van der Waals surface area contributed by atoms with Crippen molar-refractivity contribution in [3.05, 3.63) is 59.7 Å². The number of aryl methyl sites for hydroxylation is 1. The Labute approximate surface area is 213 Å². The number of hydrogen-bond donors (Lipinski definition) is 0. The van der Waals surface area contributed by atoms with E-state index in [0.29, 0.717) is 23.7 Å². The maximum atomic E-state index is 3.04. The van der Waals surface area contributed by atoms with E-state index >= 15 is 0 Å². The predicted molar refractivity (Wildman–Crippen MR) is 147 cm³/mol. The molecule has 0 aromatic heterocycles. The van der Waals surface area contributed by atoms with Gasteiger partial charge in [0.15, 0.2) is 0 Å². The summed E-state index contributed by atoms with van der Waals surface area (Å²) in [6, 6.07) is 20.2. The molecule has 2 unspecified atom stereocenters. The highest BCUT2D eigenvalue weighted by atomic mass is 15.5. The van der Waals surface area contributed by atoms with Crippen LogP contribution in [-0.4, -0.2) is 18.2 Å². The molecule has 0 spiro atoms. The molecular weight excluding hydrogens is 424 g/mol. The van der Waals surface area contributed by atoms with Crippen LogP contribution in [-0.2, 0) is 5.41 Å². The van der Waals surface area contributed by atoms with Gasteiger partial charge in [0.2, 0.25) is 0 Å². The highest BCUT2D eigenvalue weighted by Gasteiger charge is 2.66. The number of para-hydroxylation sites is 2. The number of hydrogen-bond acceptors (Lipinski definition) is 2. The molecule has 3 saturated carbocycles. The standard InChI is InChI=1S/C33H44N2/c1-23-13-3-11-21-29(23)34-24(2)31-33(26-16-6-7-17-26,27-18-8-9-19-27)28-20-10-12-22-30(28)35(31)32(34)25-14-4-5-15-25/h3,10-13,20-22,24-27,31-32H,4-9,14-19H2,1-2H3/t24-,31?,32?/m0/s1. The molecule has 0 amide bonds. The first-order chi connectivity index (χ1) is 17.2. The lowest BCUT2D eigenvalue weighted by Crippen LogP contribution is -2.55. The third kappa shape index (κ3) is 3.07. The van der Waals surface area contributed by atoms with E-state index in [1.165, 1.54) is 88.3 Å². The lowest BCUT2D eigenvalue weighted by Gasteiger charge is -2.48. The fraction of sp³-hybridized carbons (Fsp3) is 0.636. The molecule has 2 aromatic carbocycles. The Hall–Kier alpha value is -1.96. The summed E-state index contributed by atoms with van der Waals surface area (Å²) < 4.78 is 0. The number of nitrogens with zero attached hydrogens (tertiary/aromatic N) is 2. The van der Waals surface area contributed by atoms with Gasteiger partial charge in [0.25, 0.3) is 0 Å². The molecule has 0 N–H and O–H groups in total. The molecular formula is C33H44N2. The maximum absolute atomic E-state index is 3.04. The van der Waals surface area contributed by atoms with E-state index in [0.717, 1.165) is 17.8 Å². The minimum absolute atomic E-state index is 0.331. The lowest BCUT2D eigenvalue weighted by molar-refractivity contribution is 0.140. The van der Waals surface area contributed by atoms with Crippen LogP contribution >= 0.6 is 0 Å². The second-order valence-corrected chi connectivity index (χ2v) is 12.7. The Morgan fingerprint density at radius 2 is 1.20 bits per heavy atom. The Bertz CT molecular complexity index is 1040. The van der Waals surface area contributed by atoms with Crippen molar-refractivity contribution in [2.24, 2.45) is 17.8 Å². The molecule has 0 bridgehead atoms. The third-order valence-electron chi connectivity index (χ3n) is 11.2. The number of benzene rings is 2. The highest BCUT2D eigenvalue weighted by molar-refractivity contribution is 5.72. The van der Waals surface area contributed by atoms with Crippen molar-refractivity contribution in [2.45, 2.75) is 115 Å². The first kappa shape index (κ1) is 22.3. The molecule has 2 heteroatoms. The Kier molecular flexibility index (Phi) is 5.44. The maximum Gasteiger partial charge on any atom is 0.105 e. The van der Waals surface area contributed by atoms with Gasteiger partial charge >= 0.3 is 0 Å². The summed E-state index contributed by atoms with van der Waals surface area (Å²) in [4.78, 5) is 5.98. The monoisotopic (exact) mass is 468 g/mol. The zero-order valence-corrected chi connectivity index (χ0v) is 22.0. The summed E-state index contributed by atoms with van der Waals surface area (Å²) >= 11 is 0. The molecule has 0 radical (unpaired) electrons. The van der Waals surface area contributed by atoms with Crippen LogP contribution in [0.4, 0.5) is 11.4 Å². The van der Waals surface area contributed by atoms with Crippen molar-refractivity contribution < 1.29 is 0 Å². The van der Waals surface area contributed by atoms with Crippen molar-refractivity contribution in [1.82, 2.24) is 0 Å². The average Bonchev–Trinajstić information content (AvgIpc) is 3.70. The Morgan fingerprint density at radius 3 is 1.83 bits per heavy atom. The third-order valence-corrected chi connectivity index (χ3v) is 11.2. The van der Waals surface area contributed by atoms with Crippen molar-refractivity contribution in [3.63, 3.8) is 0 Å². The fourth-order valence-electron chi connectivity index (χ4n) is 10.1. The van der Waals surface area contributed by atoms with Crippen molar-refractivity contribution >= 4 is 11.4 Å². The summed E-state index contributed by atoms with van der Waals surface area (Å²) in [5.74, 6) is 2.48. The van der Waals surface area contributed by atoms with E-state index < -0.39 is 0 Å². The van der Waals surface area contributed by atoms with Crippen LogP contribution in [0.15, 0.2) is 48.5 Å². The van der Waals surface area contributed by atoms with E-state index in [9.17, 15) is 0 Å². The van der Waals surface area contributed by atoms with E-state index in [2.05, 4.69) is 72.2 Å². The summed E-state index contributed by atoms with van der Waals surface area (Å²) in [6.07, 6.45) is 17.7. The van der Waals surface area contributed by atoms with E-state index in [1.54, 1.807) is 11.3 Å². The number of rotatable bonds is 4. The van der Waals surface area contributed by atoms with Crippen molar-refractivity contribution in [3.8, 4) is 0 Å². The van der Waals surface area contributed by atoms with Gasteiger partial charge in [-0.05, 0) is 93.4 Å². The van der Waals surface area contributed by atoms with Crippen LogP contribution in [0.2, 0.25) is 0 Å². The zero-order valence-electron chi connectivity index (χ0n) is 22.0. The summed E-state index contributed by atoms with van der Waals surface area (Å²) in [5, 5.41) is 0. The minimum atomic E-state index is 0.331. The smallest absolute Gasteiger partial charge is 0.105 e. The molecule has 2 heterocycles. The van der Waals surface area contributed by atoms with Crippen LogP contribution in [0.1, 0.15) is 95.1 Å². The Morgan fingerprint density at radius 1 is 0.657 bits per heavy atom. The van der Waals surface area contributed by atoms with Gasteiger partial charge in [-0.15, -0.1) is 0 Å². The number of fused-ring (bicyclic) bond motifs is 3. The molecule has 2 aromatic rings. The molecule has 186 valence electrons. The average molecular weight is 469 g/mol. The molecule has 7 rings (SSSR count). The van der Waals surface area contributed by atoms with Crippen LogP contribution in [0, 0.1) is 24.7 Å². The van der Waals surface area contributed by atoms with Gasteiger partial charge in [-0.3, -0.25) is 0 Å². The van der Waals surface area contributed by atoms with Gasteiger partial charge < -0.3 is 9.80 Å². The lowest BCUT2D eigenvalue weighted by atomic mass is 9.57. The SMILES string of the molecule is Cc1ccccc1N1C(C2CCCC2)N2c3ccccc3C(C3CCCC3)(C3CCCC3)C2[C@@H]1C. The van der Waals surface area contributed by atoms with Gasteiger partial charge in [-0.2, -0.15) is 0 Å². The molecule has 3 atom stereocenters. The first-order valence-electron chi connectivity index (χ1n) is 14.9. The van der Waals surface area contributed by atoms with Crippen LogP contribution in [0.25, 0.3) is 0 Å². The Balaban J connectivity index is 1.46. The molecule has 4 fully saturated rings. The summed E-state index contributed by atoms with van der Waals surface area (Å²) in [6.45, 7) is 4.95. The predicted octanol–water partition coefficient (Wildman–Crippen LogP) is 8.23. The van der Waals surface area contributed by atoms with E-state index in [1.807, 2.05) is 0 Å². The normalized spacial score (nSPS) is 31.0. The molecule has 1 saturated heterocycles. The second kappa shape index (κ2) is 8.56. The minimum Gasteiger partial charge on any atom is -0.346 e. The largest absolute Gasteiger partial charge is 0.346 e. The molecule has 2 aliphatic heterocycles. The summed E-state index contributed by atoms with van der Waals surface area (Å²) in [5.41, 5.74) is 6.64. The van der Waals surface area contributed by atoms with Crippen molar-refractivity contribution in [1.29, 1.82) is 0 Å². The van der Waals surface area contributed by atoms with Crippen LogP contribution in [0.5, 0.6) is 0 Å². The highest BCUT2D eigenvalue weighted by Crippen LogP contribution is 2.65. The fourth-order valence-corrected chi connectivity index (χ4v) is 10.1. The molecule has 2 nitrogen and oxygen atoms in total. The second-order valence-electron chi connectivity index (χ2n) is 12.7. The van der Waals surface area contributed by atoms with E-state index in [4.69, 9.17) is 0 Å². The zero-order chi connectivity index (χ0) is 23.6. The quantitative estimate of drug-likeness (QED) is 0.446. The van der Waals surface area contributed by atoms with Crippen LogP contribution in [0.3, 0.4) is 0 Å². The summed E-state index contributed by atoms with van der Waals surface area (Å²) in [7, 11) is 0. The molecule has 3 aliphatic carbocycles. The molecule has 5 aliphatic rings.